The van der Waals surface area contributed by atoms with Crippen LogP contribution in [0, 0.1) is 10.1 Å². The summed E-state index contributed by atoms with van der Waals surface area (Å²) < 4.78 is 6.42. The number of fused-ring (bicyclic) bond motifs is 1. The average Bonchev–Trinajstić information content (AvgIpc) is 2.78. The van der Waals surface area contributed by atoms with E-state index >= 15 is 0 Å². The number of hydrogen-bond acceptors (Lipinski definition) is 6. The highest BCUT2D eigenvalue weighted by Crippen LogP contribution is 2.26. The van der Waals surface area contributed by atoms with Crippen molar-refractivity contribution in [1.82, 2.24) is 9.66 Å². The minimum Gasteiger partial charge on any atom is -0.488 e. The van der Waals surface area contributed by atoms with Crippen LogP contribution in [0.5, 0.6) is 5.75 Å². The number of hydrogen-bond donors (Lipinski definition) is 1. The fourth-order valence-corrected chi connectivity index (χ4v) is 3.52. The standard InChI is InChI=1S/C22H14Cl2N4O5/c23-15-6-5-13(18(24)10-15)12-33-20-8-7-16(28(31)32)9-14(20)11-25-27-21(29)17-3-1-2-4-19(17)26-22(27)30/h1-11H,12H2,(H,26,30). The van der Waals surface area contributed by atoms with E-state index in [1.165, 1.54) is 18.2 Å². The van der Waals surface area contributed by atoms with Gasteiger partial charge >= 0.3 is 5.69 Å². The van der Waals surface area contributed by atoms with Gasteiger partial charge in [-0.15, -0.1) is 4.68 Å². The molecule has 0 radical (unpaired) electrons. The number of non-ortho nitro benzene ring substituents is 1. The predicted molar refractivity (Wildman–Crippen MR) is 126 cm³/mol. The van der Waals surface area contributed by atoms with E-state index < -0.39 is 16.2 Å². The second kappa shape index (κ2) is 9.27. The van der Waals surface area contributed by atoms with Gasteiger partial charge in [0.1, 0.15) is 12.4 Å². The summed E-state index contributed by atoms with van der Waals surface area (Å²) in [7, 11) is 0. The third-order valence-corrected chi connectivity index (χ3v) is 5.29. The molecule has 1 N–H and O–H groups in total. The molecule has 0 bridgehead atoms. The molecule has 166 valence electrons. The minimum atomic E-state index is -0.754. The quantitative estimate of drug-likeness (QED) is 0.247. The lowest BCUT2D eigenvalue weighted by Crippen LogP contribution is -2.32. The van der Waals surface area contributed by atoms with Gasteiger partial charge in [0.05, 0.1) is 22.0 Å². The normalized spacial score (nSPS) is 11.2. The Bertz CT molecular complexity index is 1530. The van der Waals surface area contributed by atoms with Gasteiger partial charge in [-0.05, 0) is 30.3 Å². The number of benzene rings is 3. The van der Waals surface area contributed by atoms with Crippen molar-refractivity contribution in [1.29, 1.82) is 0 Å². The van der Waals surface area contributed by atoms with Crippen molar-refractivity contribution in [2.24, 2.45) is 5.10 Å². The van der Waals surface area contributed by atoms with E-state index in [1.54, 1.807) is 42.5 Å². The van der Waals surface area contributed by atoms with Crippen LogP contribution in [0.4, 0.5) is 5.69 Å². The Balaban J connectivity index is 1.72. The number of aromatic amines is 1. The van der Waals surface area contributed by atoms with Gasteiger partial charge in [-0.25, -0.2) is 4.79 Å². The molecule has 1 heterocycles. The van der Waals surface area contributed by atoms with Crippen molar-refractivity contribution < 1.29 is 9.66 Å². The molecule has 0 aliphatic carbocycles. The van der Waals surface area contributed by atoms with E-state index in [9.17, 15) is 19.7 Å². The Labute approximate surface area is 195 Å². The molecule has 4 rings (SSSR count). The number of para-hydroxylation sites is 1. The Kier molecular flexibility index (Phi) is 6.25. The van der Waals surface area contributed by atoms with Crippen molar-refractivity contribution in [2.75, 3.05) is 0 Å². The maximum absolute atomic E-state index is 12.7. The highest BCUT2D eigenvalue weighted by molar-refractivity contribution is 6.35. The number of halogens is 2. The summed E-state index contributed by atoms with van der Waals surface area (Å²) in [6, 6.07) is 15.3. The Hall–Kier alpha value is -3.95. The number of nitrogens with zero attached hydrogens (tertiary/aromatic N) is 3. The molecule has 0 aliphatic rings. The molecule has 0 spiro atoms. The number of H-pyrrole nitrogens is 1. The molecule has 4 aromatic rings. The van der Waals surface area contributed by atoms with E-state index in [1.807, 2.05) is 0 Å². The van der Waals surface area contributed by atoms with Gasteiger partial charge in [0.15, 0.2) is 0 Å². The third kappa shape index (κ3) is 4.79. The molecular formula is C22H14Cl2N4O5. The van der Waals surface area contributed by atoms with Crippen LogP contribution in [-0.4, -0.2) is 20.8 Å². The number of nitro benzene ring substituents is 1. The molecule has 3 aromatic carbocycles. The number of rotatable bonds is 6. The van der Waals surface area contributed by atoms with Gasteiger partial charge in [-0.1, -0.05) is 41.4 Å². The Morgan fingerprint density at radius 2 is 1.88 bits per heavy atom. The van der Waals surface area contributed by atoms with Crippen LogP contribution < -0.4 is 16.0 Å². The fourth-order valence-electron chi connectivity index (χ4n) is 3.05. The largest absolute Gasteiger partial charge is 0.488 e. The molecule has 0 aliphatic heterocycles. The lowest BCUT2D eigenvalue weighted by atomic mass is 10.2. The van der Waals surface area contributed by atoms with Crippen LogP contribution in [0.1, 0.15) is 11.1 Å². The molecular weight excluding hydrogens is 471 g/mol. The summed E-state index contributed by atoms with van der Waals surface area (Å²) in [5.74, 6) is 0.237. The first-order valence-electron chi connectivity index (χ1n) is 9.47. The first kappa shape index (κ1) is 22.3. The van der Waals surface area contributed by atoms with Gasteiger partial charge in [-0.3, -0.25) is 14.9 Å². The van der Waals surface area contributed by atoms with Crippen LogP contribution in [0.25, 0.3) is 10.9 Å². The first-order chi connectivity index (χ1) is 15.8. The fraction of sp³-hybridized carbons (Fsp3) is 0.0455. The van der Waals surface area contributed by atoms with Crippen molar-refractivity contribution in [3.05, 3.63) is 113 Å². The van der Waals surface area contributed by atoms with E-state index in [0.717, 1.165) is 6.21 Å². The summed E-state index contributed by atoms with van der Waals surface area (Å²) in [6.45, 7) is 0.0468. The number of nitrogens with one attached hydrogen (secondary N) is 1. The number of ether oxygens (including phenoxy) is 1. The van der Waals surface area contributed by atoms with Crippen LogP contribution in [0.3, 0.4) is 0 Å². The summed E-state index contributed by atoms with van der Waals surface area (Å²) >= 11 is 12.1. The SMILES string of the molecule is O=c1[nH]c2ccccc2c(=O)n1N=Cc1cc([N+](=O)[O-])ccc1OCc1ccc(Cl)cc1Cl. The van der Waals surface area contributed by atoms with Gasteiger partial charge in [-0.2, -0.15) is 5.10 Å². The van der Waals surface area contributed by atoms with E-state index in [0.29, 0.717) is 25.8 Å². The second-order valence-corrected chi connectivity index (χ2v) is 7.68. The maximum atomic E-state index is 12.7. The van der Waals surface area contributed by atoms with E-state index in [2.05, 4.69) is 10.1 Å². The monoisotopic (exact) mass is 484 g/mol. The second-order valence-electron chi connectivity index (χ2n) is 6.84. The smallest absolute Gasteiger partial charge is 0.349 e. The van der Waals surface area contributed by atoms with Crippen LogP contribution in [0.2, 0.25) is 10.0 Å². The molecule has 9 nitrogen and oxygen atoms in total. The Morgan fingerprint density at radius 1 is 1.09 bits per heavy atom. The first-order valence-corrected chi connectivity index (χ1v) is 10.2. The molecule has 0 amide bonds. The Morgan fingerprint density at radius 3 is 2.64 bits per heavy atom. The van der Waals surface area contributed by atoms with Crippen molar-refractivity contribution >= 4 is 46.0 Å². The zero-order chi connectivity index (χ0) is 23.5. The summed E-state index contributed by atoms with van der Waals surface area (Å²) in [5.41, 5.74) is -0.397. The molecule has 0 saturated heterocycles. The van der Waals surface area contributed by atoms with Crippen LogP contribution in [0.15, 0.2) is 75.4 Å². The number of nitro groups is 1. The lowest BCUT2D eigenvalue weighted by Gasteiger charge is -2.10. The zero-order valence-corrected chi connectivity index (χ0v) is 18.2. The molecule has 0 unspecified atom stereocenters. The van der Waals surface area contributed by atoms with E-state index in [-0.39, 0.29) is 29.0 Å². The molecule has 0 saturated carbocycles. The highest BCUT2D eigenvalue weighted by Gasteiger charge is 2.13. The maximum Gasteiger partial charge on any atom is 0.349 e. The van der Waals surface area contributed by atoms with Crippen LogP contribution >= 0.6 is 23.2 Å². The molecule has 0 fully saturated rings. The van der Waals surface area contributed by atoms with Gasteiger partial charge in [0.2, 0.25) is 0 Å². The van der Waals surface area contributed by atoms with Crippen molar-refractivity contribution in [2.45, 2.75) is 6.61 Å². The molecule has 1 aromatic heterocycles. The molecule has 0 atom stereocenters. The van der Waals surface area contributed by atoms with Crippen molar-refractivity contribution in [3.8, 4) is 5.75 Å². The summed E-state index contributed by atoms with van der Waals surface area (Å²) in [4.78, 5) is 38.2. The predicted octanol–water partition coefficient (Wildman–Crippen LogP) is 4.37. The highest BCUT2D eigenvalue weighted by atomic mass is 35.5. The van der Waals surface area contributed by atoms with Gasteiger partial charge < -0.3 is 9.72 Å². The number of aromatic nitrogens is 2. The van der Waals surface area contributed by atoms with Crippen LogP contribution in [-0.2, 0) is 6.61 Å². The lowest BCUT2D eigenvalue weighted by molar-refractivity contribution is -0.384. The summed E-state index contributed by atoms with van der Waals surface area (Å²) in [6.07, 6.45) is 1.15. The third-order valence-electron chi connectivity index (χ3n) is 4.70. The average molecular weight is 485 g/mol. The van der Waals surface area contributed by atoms with E-state index in [4.69, 9.17) is 27.9 Å². The topological polar surface area (TPSA) is 120 Å². The summed E-state index contributed by atoms with van der Waals surface area (Å²) in [5, 5.41) is 16.3. The van der Waals surface area contributed by atoms with Gasteiger partial charge in [0.25, 0.3) is 11.2 Å². The molecule has 11 heteroatoms. The van der Waals surface area contributed by atoms with Gasteiger partial charge in [0, 0.05) is 33.3 Å². The zero-order valence-electron chi connectivity index (χ0n) is 16.7. The minimum absolute atomic E-state index is 0.0468. The van der Waals surface area contributed by atoms with Crippen molar-refractivity contribution in [3.63, 3.8) is 0 Å². The molecule has 33 heavy (non-hydrogen) atoms.